The zero-order chi connectivity index (χ0) is 19.4. The van der Waals surface area contributed by atoms with Gasteiger partial charge in [0.2, 0.25) is 0 Å². The van der Waals surface area contributed by atoms with Crippen LogP contribution in [0.1, 0.15) is 5.56 Å². The molecule has 2 aromatic rings. The molecule has 1 aliphatic heterocycles. The molecule has 1 saturated heterocycles. The van der Waals surface area contributed by atoms with E-state index in [1.165, 1.54) is 23.1 Å². The van der Waals surface area contributed by atoms with Crippen LogP contribution in [0.4, 0.5) is 29.3 Å². The summed E-state index contributed by atoms with van der Waals surface area (Å²) in [6.45, 7) is 2.00. The van der Waals surface area contributed by atoms with Crippen molar-refractivity contribution in [2.24, 2.45) is 0 Å². The fourth-order valence-electron chi connectivity index (χ4n) is 3.01. The number of ether oxygens (including phenoxy) is 1. The molecule has 0 aromatic heterocycles. The predicted molar refractivity (Wildman–Crippen MR) is 97.2 cm³/mol. The van der Waals surface area contributed by atoms with E-state index in [1.54, 1.807) is 7.11 Å². The number of hydrogen-bond donors (Lipinski definition) is 1. The summed E-state index contributed by atoms with van der Waals surface area (Å²) < 4.78 is 44.4. The zero-order valence-corrected chi connectivity index (χ0v) is 14.8. The molecule has 0 unspecified atom stereocenters. The van der Waals surface area contributed by atoms with Gasteiger partial charge in [0.1, 0.15) is 5.75 Å². The van der Waals surface area contributed by atoms with Gasteiger partial charge in [-0.3, -0.25) is 0 Å². The Morgan fingerprint density at radius 1 is 1.04 bits per heavy atom. The van der Waals surface area contributed by atoms with Gasteiger partial charge in [0.15, 0.2) is 0 Å². The standard InChI is InChI=1S/C19H20F3N3O2/c1-27-15-6-4-5-14(13-15)24-9-11-25(12-10-24)18(26)23-17-8-3-2-7-16(17)19(20,21)22/h2-8,13H,9-12H2,1H3,(H,23,26). The first-order valence-electron chi connectivity index (χ1n) is 8.49. The first kappa shape index (κ1) is 18.9. The number of methoxy groups -OCH3 is 1. The van der Waals surface area contributed by atoms with Crippen LogP contribution in [0, 0.1) is 0 Å². The van der Waals surface area contributed by atoms with Gasteiger partial charge >= 0.3 is 12.2 Å². The van der Waals surface area contributed by atoms with E-state index in [-0.39, 0.29) is 5.69 Å². The molecule has 0 radical (unpaired) electrons. The maximum Gasteiger partial charge on any atom is 0.418 e. The Morgan fingerprint density at radius 3 is 2.41 bits per heavy atom. The normalized spacial score (nSPS) is 14.8. The lowest BCUT2D eigenvalue weighted by Crippen LogP contribution is -2.50. The minimum Gasteiger partial charge on any atom is -0.497 e. The summed E-state index contributed by atoms with van der Waals surface area (Å²) in [7, 11) is 1.60. The summed E-state index contributed by atoms with van der Waals surface area (Å²) in [5.74, 6) is 0.747. The molecule has 8 heteroatoms. The second kappa shape index (κ2) is 7.77. The highest BCUT2D eigenvalue weighted by Crippen LogP contribution is 2.34. The molecule has 1 N–H and O–H groups in total. The van der Waals surface area contributed by atoms with Crippen molar-refractivity contribution in [3.05, 3.63) is 54.1 Å². The number of hydrogen-bond acceptors (Lipinski definition) is 3. The number of amides is 2. The summed E-state index contributed by atoms with van der Waals surface area (Å²) in [5.41, 5.74) is -0.101. The zero-order valence-electron chi connectivity index (χ0n) is 14.8. The van der Waals surface area contributed by atoms with Gasteiger partial charge < -0.3 is 19.9 Å². The second-order valence-corrected chi connectivity index (χ2v) is 6.15. The minimum atomic E-state index is -4.52. The van der Waals surface area contributed by atoms with E-state index in [9.17, 15) is 18.0 Å². The van der Waals surface area contributed by atoms with Gasteiger partial charge in [-0.1, -0.05) is 18.2 Å². The van der Waals surface area contributed by atoms with Gasteiger partial charge in [-0.05, 0) is 24.3 Å². The number of carbonyl (C=O) groups excluding carboxylic acids is 1. The van der Waals surface area contributed by atoms with Crippen molar-refractivity contribution in [2.75, 3.05) is 43.5 Å². The van der Waals surface area contributed by atoms with Crippen molar-refractivity contribution in [1.29, 1.82) is 0 Å². The van der Waals surface area contributed by atoms with E-state index in [0.717, 1.165) is 17.5 Å². The lowest BCUT2D eigenvalue weighted by Gasteiger charge is -2.36. The van der Waals surface area contributed by atoms with Crippen molar-refractivity contribution in [1.82, 2.24) is 4.90 Å². The van der Waals surface area contributed by atoms with Gasteiger partial charge in [-0.2, -0.15) is 13.2 Å². The average molecular weight is 379 g/mol. The molecule has 1 fully saturated rings. The number of urea groups is 1. The molecule has 2 aromatic carbocycles. The van der Waals surface area contributed by atoms with Crippen LogP contribution in [0.3, 0.4) is 0 Å². The summed E-state index contributed by atoms with van der Waals surface area (Å²) in [4.78, 5) is 16.0. The molecule has 0 bridgehead atoms. The lowest BCUT2D eigenvalue weighted by atomic mass is 10.1. The Morgan fingerprint density at radius 2 is 1.74 bits per heavy atom. The largest absolute Gasteiger partial charge is 0.497 e. The molecule has 1 heterocycles. The van der Waals surface area contributed by atoms with Gasteiger partial charge in [-0.15, -0.1) is 0 Å². The molecule has 3 rings (SSSR count). The number of nitrogens with one attached hydrogen (secondary N) is 1. The first-order chi connectivity index (χ1) is 12.9. The van der Waals surface area contributed by atoms with Gasteiger partial charge in [0.25, 0.3) is 0 Å². The Hall–Kier alpha value is -2.90. The van der Waals surface area contributed by atoms with Crippen LogP contribution in [-0.2, 0) is 6.18 Å². The topological polar surface area (TPSA) is 44.8 Å². The number of anilines is 2. The van der Waals surface area contributed by atoms with Gasteiger partial charge in [0.05, 0.1) is 18.4 Å². The van der Waals surface area contributed by atoms with E-state index in [4.69, 9.17) is 4.74 Å². The lowest BCUT2D eigenvalue weighted by molar-refractivity contribution is -0.136. The minimum absolute atomic E-state index is 0.231. The highest BCUT2D eigenvalue weighted by molar-refractivity contribution is 5.90. The van der Waals surface area contributed by atoms with Crippen molar-refractivity contribution in [3.63, 3.8) is 0 Å². The maximum absolute atomic E-state index is 13.1. The maximum atomic E-state index is 13.1. The molecule has 0 spiro atoms. The number of halogens is 3. The third-order valence-corrected chi connectivity index (χ3v) is 4.46. The molecular weight excluding hydrogens is 359 g/mol. The van der Waals surface area contributed by atoms with Crippen LogP contribution in [0.2, 0.25) is 0 Å². The van der Waals surface area contributed by atoms with Crippen molar-refractivity contribution < 1.29 is 22.7 Å². The summed E-state index contributed by atoms with van der Waals surface area (Å²) >= 11 is 0. The fraction of sp³-hybridized carbons (Fsp3) is 0.316. The molecule has 0 atom stereocenters. The quantitative estimate of drug-likeness (QED) is 0.875. The van der Waals surface area contributed by atoms with Crippen LogP contribution in [0.5, 0.6) is 5.75 Å². The number of benzene rings is 2. The summed E-state index contributed by atoms with van der Waals surface area (Å²) in [6, 6.07) is 12.1. The molecule has 1 aliphatic rings. The number of carbonyl (C=O) groups is 1. The highest BCUT2D eigenvalue weighted by atomic mass is 19.4. The Labute approximate surface area is 155 Å². The van der Waals surface area contributed by atoms with E-state index in [2.05, 4.69) is 10.2 Å². The van der Waals surface area contributed by atoms with Crippen LogP contribution in [0.25, 0.3) is 0 Å². The van der Waals surface area contributed by atoms with E-state index in [0.29, 0.717) is 26.2 Å². The van der Waals surface area contributed by atoms with Crippen molar-refractivity contribution in [3.8, 4) is 5.75 Å². The molecule has 2 amide bonds. The molecule has 27 heavy (non-hydrogen) atoms. The Balaban J connectivity index is 1.62. The van der Waals surface area contributed by atoms with Crippen LogP contribution >= 0.6 is 0 Å². The SMILES string of the molecule is COc1cccc(N2CCN(C(=O)Nc3ccccc3C(F)(F)F)CC2)c1. The summed E-state index contributed by atoms with van der Waals surface area (Å²) in [6.07, 6.45) is -4.52. The number of para-hydroxylation sites is 1. The van der Waals surface area contributed by atoms with Crippen molar-refractivity contribution >= 4 is 17.4 Å². The van der Waals surface area contributed by atoms with Gasteiger partial charge in [-0.25, -0.2) is 4.79 Å². The first-order valence-corrected chi connectivity index (χ1v) is 8.49. The van der Waals surface area contributed by atoms with Crippen molar-refractivity contribution in [2.45, 2.75) is 6.18 Å². The third kappa shape index (κ3) is 4.45. The van der Waals surface area contributed by atoms with Gasteiger partial charge in [0, 0.05) is 37.9 Å². The average Bonchev–Trinajstić information content (AvgIpc) is 2.67. The van der Waals surface area contributed by atoms with E-state index in [1.807, 2.05) is 24.3 Å². The highest BCUT2D eigenvalue weighted by Gasteiger charge is 2.34. The van der Waals surface area contributed by atoms with Crippen LogP contribution in [0.15, 0.2) is 48.5 Å². The van der Waals surface area contributed by atoms with E-state index < -0.39 is 17.8 Å². The number of nitrogens with zero attached hydrogens (tertiary/aromatic N) is 2. The number of alkyl halides is 3. The molecule has 144 valence electrons. The third-order valence-electron chi connectivity index (χ3n) is 4.46. The smallest absolute Gasteiger partial charge is 0.418 e. The Kier molecular flexibility index (Phi) is 5.43. The Bertz CT molecular complexity index is 803. The number of rotatable bonds is 3. The predicted octanol–water partition coefficient (Wildman–Crippen LogP) is 4.07. The molecule has 0 aliphatic carbocycles. The monoisotopic (exact) mass is 379 g/mol. The molecule has 5 nitrogen and oxygen atoms in total. The number of piperazine rings is 1. The van der Waals surface area contributed by atoms with Crippen LogP contribution < -0.4 is 15.0 Å². The van der Waals surface area contributed by atoms with E-state index >= 15 is 0 Å². The summed E-state index contributed by atoms with van der Waals surface area (Å²) in [5, 5.41) is 2.39. The second-order valence-electron chi connectivity index (χ2n) is 6.15. The fourth-order valence-corrected chi connectivity index (χ4v) is 3.01. The molecular formula is C19H20F3N3O2. The van der Waals surface area contributed by atoms with Crippen LogP contribution in [-0.4, -0.2) is 44.2 Å². The molecule has 0 saturated carbocycles.